The van der Waals surface area contributed by atoms with Gasteiger partial charge in [-0.3, -0.25) is 0 Å². The van der Waals surface area contributed by atoms with E-state index in [0.717, 1.165) is 6.42 Å². The minimum Gasteiger partial charge on any atom is -0.371 e. The van der Waals surface area contributed by atoms with Crippen molar-refractivity contribution in [2.24, 2.45) is 5.92 Å². The first-order chi connectivity index (χ1) is 6.16. The SMILES string of the molecule is C=CC[C@@H](C)C1=CC=C[C@H](C)N1C. The summed E-state index contributed by atoms with van der Waals surface area (Å²) in [5, 5.41) is 0. The van der Waals surface area contributed by atoms with Gasteiger partial charge in [-0.15, -0.1) is 6.58 Å². The van der Waals surface area contributed by atoms with E-state index in [1.54, 1.807) is 0 Å². The van der Waals surface area contributed by atoms with E-state index in [2.05, 4.69) is 50.6 Å². The maximum Gasteiger partial charge on any atom is 0.0441 e. The van der Waals surface area contributed by atoms with Crippen LogP contribution in [-0.4, -0.2) is 18.0 Å². The Bertz CT molecular complexity index is 238. The van der Waals surface area contributed by atoms with E-state index in [0.29, 0.717) is 12.0 Å². The molecule has 0 fully saturated rings. The number of hydrogen-bond donors (Lipinski definition) is 0. The van der Waals surface area contributed by atoms with Crippen LogP contribution in [0, 0.1) is 5.92 Å². The largest absolute Gasteiger partial charge is 0.371 e. The second-order valence-electron chi connectivity index (χ2n) is 3.75. The Kier molecular flexibility index (Phi) is 3.35. The second kappa shape index (κ2) is 4.31. The van der Waals surface area contributed by atoms with Gasteiger partial charge >= 0.3 is 0 Å². The highest BCUT2D eigenvalue weighted by molar-refractivity contribution is 5.21. The summed E-state index contributed by atoms with van der Waals surface area (Å²) in [5.41, 5.74) is 1.41. The molecule has 1 aliphatic rings. The Morgan fingerprint density at radius 2 is 2.38 bits per heavy atom. The number of nitrogens with zero attached hydrogens (tertiary/aromatic N) is 1. The molecule has 0 saturated carbocycles. The third kappa shape index (κ3) is 2.24. The lowest BCUT2D eigenvalue weighted by molar-refractivity contribution is 0.325. The zero-order valence-corrected chi connectivity index (χ0v) is 8.83. The third-order valence-electron chi connectivity index (χ3n) is 2.70. The average Bonchev–Trinajstić information content (AvgIpc) is 2.10. The maximum atomic E-state index is 3.78. The fourth-order valence-electron chi connectivity index (χ4n) is 1.68. The van der Waals surface area contributed by atoms with Crippen molar-refractivity contribution in [1.82, 2.24) is 4.90 Å². The zero-order chi connectivity index (χ0) is 9.84. The first-order valence-corrected chi connectivity index (χ1v) is 4.89. The monoisotopic (exact) mass is 177 g/mol. The van der Waals surface area contributed by atoms with E-state index in [1.165, 1.54) is 5.70 Å². The van der Waals surface area contributed by atoms with Crippen molar-refractivity contribution in [1.29, 1.82) is 0 Å². The molecule has 1 heterocycles. The number of likely N-dealkylation sites (N-methyl/N-ethyl adjacent to an activating group) is 1. The Balaban J connectivity index is 2.72. The fraction of sp³-hybridized carbons (Fsp3) is 0.500. The standard InChI is InChI=1S/C12H19N/c1-5-7-10(2)12-9-6-8-11(3)13(12)4/h5-6,8-11H,1,7H2,2-4H3/t10-,11+/m1/s1. The summed E-state index contributed by atoms with van der Waals surface area (Å²) < 4.78 is 0. The summed E-state index contributed by atoms with van der Waals surface area (Å²) >= 11 is 0. The minimum absolute atomic E-state index is 0.521. The van der Waals surface area contributed by atoms with Crippen LogP contribution in [-0.2, 0) is 0 Å². The highest BCUT2D eigenvalue weighted by Gasteiger charge is 2.16. The Hall–Kier alpha value is -0.980. The molecule has 0 amide bonds. The Morgan fingerprint density at radius 1 is 1.69 bits per heavy atom. The lowest BCUT2D eigenvalue weighted by atomic mass is 9.99. The molecule has 72 valence electrons. The molecule has 0 spiro atoms. The van der Waals surface area contributed by atoms with Gasteiger partial charge in [0, 0.05) is 18.8 Å². The van der Waals surface area contributed by atoms with Crippen LogP contribution in [0.4, 0.5) is 0 Å². The average molecular weight is 177 g/mol. The summed E-state index contributed by atoms with van der Waals surface area (Å²) in [6.45, 7) is 8.23. The van der Waals surface area contributed by atoms with Crippen molar-refractivity contribution in [3.63, 3.8) is 0 Å². The van der Waals surface area contributed by atoms with Crippen LogP contribution in [0.5, 0.6) is 0 Å². The minimum atomic E-state index is 0.521. The molecule has 0 unspecified atom stereocenters. The van der Waals surface area contributed by atoms with Gasteiger partial charge in [-0.1, -0.05) is 25.2 Å². The highest BCUT2D eigenvalue weighted by Crippen LogP contribution is 2.23. The molecular weight excluding hydrogens is 158 g/mol. The fourth-order valence-corrected chi connectivity index (χ4v) is 1.68. The van der Waals surface area contributed by atoms with E-state index < -0.39 is 0 Å². The van der Waals surface area contributed by atoms with Crippen LogP contribution in [0.3, 0.4) is 0 Å². The van der Waals surface area contributed by atoms with Crippen molar-refractivity contribution in [3.8, 4) is 0 Å². The van der Waals surface area contributed by atoms with Gasteiger partial charge in [0.15, 0.2) is 0 Å². The summed E-state index contributed by atoms with van der Waals surface area (Å²) in [7, 11) is 2.15. The number of rotatable bonds is 3. The van der Waals surface area contributed by atoms with Gasteiger partial charge in [-0.25, -0.2) is 0 Å². The van der Waals surface area contributed by atoms with Gasteiger partial charge in [0.2, 0.25) is 0 Å². The summed E-state index contributed by atoms with van der Waals surface area (Å²) in [6, 6.07) is 0.521. The van der Waals surface area contributed by atoms with Crippen LogP contribution >= 0.6 is 0 Å². The molecule has 0 aromatic carbocycles. The van der Waals surface area contributed by atoms with Crippen molar-refractivity contribution < 1.29 is 0 Å². The van der Waals surface area contributed by atoms with Crippen molar-refractivity contribution in [2.75, 3.05) is 7.05 Å². The van der Waals surface area contributed by atoms with E-state index in [9.17, 15) is 0 Å². The second-order valence-corrected chi connectivity index (χ2v) is 3.75. The van der Waals surface area contributed by atoms with Crippen molar-refractivity contribution in [2.45, 2.75) is 26.3 Å². The molecule has 1 rings (SSSR count). The van der Waals surface area contributed by atoms with E-state index in [-0.39, 0.29) is 0 Å². The predicted molar refractivity (Wildman–Crippen MR) is 58.4 cm³/mol. The molecule has 0 N–H and O–H groups in total. The van der Waals surface area contributed by atoms with Gasteiger partial charge in [-0.05, 0) is 25.3 Å². The van der Waals surface area contributed by atoms with Gasteiger partial charge < -0.3 is 4.90 Å². The van der Waals surface area contributed by atoms with Gasteiger partial charge in [0.1, 0.15) is 0 Å². The molecule has 13 heavy (non-hydrogen) atoms. The molecule has 0 aromatic heterocycles. The van der Waals surface area contributed by atoms with Crippen LogP contribution in [0.25, 0.3) is 0 Å². The van der Waals surface area contributed by atoms with Crippen LogP contribution < -0.4 is 0 Å². The van der Waals surface area contributed by atoms with E-state index in [1.807, 2.05) is 6.08 Å². The summed E-state index contributed by atoms with van der Waals surface area (Å²) in [5.74, 6) is 0.579. The molecule has 1 aliphatic heterocycles. The molecule has 2 atom stereocenters. The van der Waals surface area contributed by atoms with Gasteiger partial charge in [0.05, 0.1) is 0 Å². The van der Waals surface area contributed by atoms with E-state index >= 15 is 0 Å². The molecular formula is C12H19N. The summed E-state index contributed by atoms with van der Waals surface area (Å²) in [4.78, 5) is 2.33. The Morgan fingerprint density at radius 3 is 3.00 bits per heavy atom. The quantitative estimate of drug-likeness (QED) is 0.599. The van der Waals surface area contributed by atoms with Crippen molar-refractivity contribution in [3.05, 3.63) is 36.6 Å². The van der Waals surface area contributed by atoms with Crippen LogP contribution in [0.2, 0.25) is 0 Å². The normalized spacial score (nSPS) is 24.1. The lowest BCUT2D eigenvalue weighted by Gasteiger charge is -2.33. The van der Waals surface area contributed by atoms with Gasteiger partial charge in [-0.2, -0.15) is 0 Å². The number of hydrogen-bond acceptors (Lipinski definition) is 1. The third-order valence-corrected chi connectivity index (χ3v) is 2.70. The van der Waals surface area contributed by atoms with Crippen LogP contribution in [0.15, 0.2) is 36.6 Å². The highest BCUT2D eigenvalue weighted by atomic mass is 15.1. The smallest absolute Gasteiger partial charge is 0.0441 e. The predicted octanol–water partition coefficient (Wildman–Crippen LogP) is 2.97. The van der Waals surface area contributed by atoms with Crippen molar-refractivity contribution >= 4 is 0 Å². The molecule has 0 aliphatic carbocycles. The lowest BCUT2D eigenvalue weighted by Crippen LogP contribution is -2.31. The molecule has 1 heteroatoms. The molecule has 0 aromatic rings. The van der Waals surface area contributed by atoms with Crippen LogP contribution in [0.1, 0.15) is 20.3 Å². The Labute approximate surface area is 81.4 Å². The molecule has 0 bridgehead atoms. The first-order valence-electron chi connectivity index (χ1n) is 4.89. The first kappa shape index (κ1) is 10.1. The molecule has 0 saturated heterocycles. The number of allylic oxidation sites excluding steroid dienone is 4. The van der Waals surface area contributed by atoms with E-state index in [4.69, 9.17) is 0 Å². The topological polar surface area (TPSA) is 3.24 Å². The summed E-state index contributed by atoms with van der Waals surface area (Å²) in [6.07, 6.45) is 9.61. The zero-order valence-electron chi connectivity index (χ0n) is 8.83. The van der Waals surface area contributed by atoms with Gasteiger partial charge in [0.25, 0.3) is 0 Å². The maximum absolute atomic E-state index is 3.78. The molecule has 0 radical (unpaired) electrons. The molecule has 1 nitrogen and oxygen atoms in total.